The van der Waals surface area contributed by atoms with Crippen molar-refractivity contribution in [1.29, 1.82) is 0 Å². The lowest BCUT2D eigenvalue weighted by atomic mass is 10.3. The molecule has 0 radical (unpaired) electrons. The Labute approximate surface area is 113 Å². The highest BCUT2D eigenvalue weighted by molar-refractivity contribution is 6.43. The van der Waals surface area contributed by atoms with Gasteiger partial charge in [-0.25, -0.2) is 4.68 Å². The van der Waals surface area contributed by atoms with Gasteiger partial charge in [0.1, 0.15) is 0 Å². The minimum Gasteiger partial charge on any atom is -0.239 e. The standard InChI is InChI=1S/C10H6Cl4N2/c11-5-6-1-2-16(15-6)10-4-8(13)7(12)3-9(10)14/h1-4H,5H2. The summed E-state index contributed by atoms with van der Waals surface area (Å²) in [4.78, 5) is 0. The van der Waals surface area contributed by atoms with Crippen LogP contribution in [0.1, 0.15) is 5.69 Å². The molecule has 16 heavy (non-hydrogen) atoms. The SMILES string of the molecule is ClCc1ccn(-c2cc(Cl)c(Cl)cc2Cl)n1. The van der Waals surface area contributed by atoms with E-state index < -0.39 is 0 Å². The lowest BCUT2D eigenvalue weighted by Crippen LogP contribution is -1.96. The van der Waals surface area contributed by atoms with Gasteiger partial charge in [0.15, 0.2) is 0 Å². The molecule has 2 aromatic rings. The van der Waals surface area contributed by atoms with E-state index in [-0.39, 0.29) is 0 Å². The molecule has 0 bridgehead atoms. The number of rotatable bonds is 2. The van der Waals surface area contributed by atoms with Gasteiger partial charge < -0.3 is 0 Å². The van der Waals surface area contributed by atoms with Crippen molar-refractivity contribution < 1.29 is 0 Å². The summed E-state index contributed by atoms with van der Waals surface area (Å²) in [5.74, 6) is 0.353. The summed E-state index contributed by atoms with van der Waals surface area (Å²) in [5.41, 5.74) is 1.44. The summed E-state index contributed by atoms with van der Waals surface area (Å²) in [6.07, 6.45) is 1.77. The van der Waals surface area contributed by atoms with E-state index in [2.05, 4.69) is 5.10 Å². The quantitative estimate of drug-likeness (QED) is 0.586. The first kappa shape index (κ1) is 12.1. The topological polar surface area (TPSA) is 17.8 Å². The molecule has 0 aliphatic carbocycles. The van der Waals surface area contributed by atoms with E-state index in [1.165, 1.54) is 0 Å². The van der Waals surface area contributed by atoms with Crippen molar-refractivity contribution in [1.82, 2.24) is 9.78 Å². The molecule has 0 saturated heterocycles. The Hall–Kier alpha value is -0.410. The van der Waals surface area contributed by atoms with Crippen molar-refractivity contribution in [2.24, 2.45) is 0 Å². The average molecular weight is 296 g/mol. The van der Waals surface area contributed by atoms with Crippen LogP contribution in [0.25, 0.3) is 5.69 Å². The van der Waals surface area contributed by atoms with Gasteiger partial charge in [-0.2, -0.15) is 5.10 Å². The third-order valence-electron chi connectivity index (χ3n) is 2.02. The van der Waals surface area contributed by atoms with E-state index in [0.29, 0.717) is 26.6 Å². The van der Waals surface area contributed by atoms with Crippen LogP contribution in [0.4, 0.5) is 0 Å². The number of hydrogen-bond acceptors (Lipinski definition) is 1. The van der Waals surface area contributed by atoms with Crippen LogP contribution in [-0.2, 0) is 5.88 Å². The molecule has 2 rings (SSSR count). The number of nitrogens with zero attached hydrogens (tertiary/aromatic N) is 2. The van der Waals surface area contributed by atoms with Gasteiger partial charge in [0, 0.05) is 6.20 Å². The van der Waals surface area contributed by atoms with E-state index in [4.69, 9.17) is 46.4 Å². The monoisotopic (exact) mass is 294 g/mol. The van der Waals surface area contributed by atoms with Gasteiger partial charge in [-0.1, -0.05) is 34.8 Å². The highest BCUT2D eigenvalue weighted by Gasteiger charge is 2.08. The predicted octanol–water partition coefficient (Wildman–Crippen LogP) is 4.57. The Morgan fingerprint density at radius 1 is 1.06 bits per heavy atom. The van der Waals surface area contributed by atoms with Crippen molar-refractivity contribution in [3.63, 3.8) is 0 Å². The summed E-state index contributed by atoms with van der Waals surface area (Å²) < 4.78 is 1.61. The molecule has 6 heteroatoms. The minimum atomic E-state index is 0.353. The number of hydrogen-bond donors (Lipinski definition) is 0. The zero-order valence-electron chi connectivity index (χ0n) is 7.92. The van der Waals surface area contributed by atoms with Crippen LogP contribution >= 0.6 is 46.4 Å². The molecule has 0 atom stereocenters. The molecule has 1 aromatic heterocycles. The van der Waals surface area contributed by atoms with Gasteiger partial charge in [-0.3, -0.25) is 0 Å². The largest absolute Gasteiger partial charge is 0.239 e. The molecule has 0 N–H and O–H groups in total. The van der Waals surface area contributed by atoms with Crippen molar-refractivity contribution in [3.05, 3.63) is 45.2 Å². The molecule has 0 aliphatic heterocycles. The lowest BCUT2D eigenvalue weighted by Gasteiger charge is -2.06. The summed E-state index contributed by atoms with van der Waals surface area (Å²) in [6.45, 7) is 0. The first-order valence-corrected chi connectivity index (χ1v) is 6.04. The van der Waals surface area contributed by atoms with Crippen LogP contribution < -0.4 is 0 Å². The summed E-state index contributed by atoms with van der Waals surface area (Å²) >= 11 is 23.5. The Kier molecular flexibility index (Phi) is 3.65. The number of alkyl halides is 1. The second kappa shape index (κ2) is 4.84. The molecule has 0 fully saturated rings. The third kappa shape index (κ3) is 2.30. The normalized spacial score (nSPS) is 10.8. The Morgan fingerprint density at radius 3 is 2.38 bits per heavy atom. The van der Waals surface area contributed by atoms with Crippen LogP contribution in [0.15, 0.2) is 24.4 Å². The van der Waals surface area contributed by atoms with E-state index in [0.717, 1.165) is 5.69 Å². The van der Waals surface area contributed by atoms with Gasteiger partial charge in [0.25, 0.3) is 0 Å². The van der Waals surface area contributed by atoms with Crippen molar-refractivity contribution in [2.45, 2.75) is 5.88 Å². The maximum absolute atomic E-state index is 6.05. The van der Waals surface area contributed by atoms with E-state index >= 15 is 0 Å². The predicted molar refractivity (Wildman–Crippen MR) is 68.2 cm³/mol. The molecular formula is C10H6Cl4N2. The molecule has 0 unspecified atom stereocenters. The molecule has 0 aliphatic rings. The molecule has 0 saturated carbocycles. The molecule has 1 aromatic carbocycles. The number of halogens is 4. The first-order valence-electron chi connectivity index (χ1n) is 4.37. The maximum Gasteiger partial charge on any atom is 0.0847 e. The second-order valence-electron chi connectivity index (χ2n) is 3.10. The van der Waals surface area contributed by atoms with Gasteiger partial charge in [-0.15, -0.1) is 11.6 Å². The fraction of sp³-hybridized carbons (Fsp3) is 0.100. The minimum absolute atomic E-state index is 0.353. The second-order valence-corrected chi connectivity index (χ2v) is 4.59. The van der Waals surface area contributed by atoms with Crippen molar-refractivity contribution in [2.75, 3.05) is 0 Å². The molecule has 2 nitrogen and oxygen atoms in total. The van der Waals surface area contributed by atoms with Crippen LogP contribution in [0, 0.1) is 0 Å². The third-order valence-corrected chi connectivity index (χ3v) is 3.32. The molecule has 0 amide bonds. The van der Waals surface area contributed by atoms with Crippen LogP contribution in [0.3, 0.4) is 0 Å². The zero-order valence-corrected chi connectivity index (χ0v) is 10.9. The molecule has 1 heterocycles. The van der Waals surface area contributed by atoms with Crippen molar-refractivity contribution >= 4 is 46.4 Å². The fourth-order valence-corrected chi connectivity index (χ4v) is 2.02. The van der Waals surface area contributed by atoms with E-state index in [1.807, 2.05) is 6.07 Å². The zero-order chi connectivity index (χ0) is 11.7. The van der Waals surface area contributed by atoms with Crippen LogP contribution in [-0.4, -0.2) is 9.78 Å². The number of aromatic nitrogens is 2. The van der Waals surface area contributed by atoms with Crippen LogP contribution in [0.5, 0.6) is 0 Å². The fourth-order valence-electron chi connectivity index (χ4n) is 1.25. The summed E-state index contributed by atoms with van der Waals surface area (Å²) in [5, 5.41) is 5.57. The Balaban J connectivity index is 2.51. The average Bonchev–Trinajstić information content (AvgIpc) is 2.71. The highest BCUT2D eigenvalue weighted by atomic mass is 35.5. The number of benzene rings is 1. The van der Waals surface area contributed by atoms with E-state index in [1.54, 1.807) is 23.0 Å². The molecule has 84 valence electrons. The van der Waals surface area contributed by atoms with Gasteiger partial charge >= 0.3 is 0 Å². The Morgan fingerprint density at radius 2 is 1.75 bits per heavy atom. The highest BCUT2D eigenvalue weighted by Crippen LogP contribution is 2.30. The summed E-state index contributed by atoms with van der Waals surface area (Å²) in [6, 6.07) is 5.06. The summed E-state index contributed by atoms with van der Waals surface area (Å²) in [7, 11) is 0. The van der Waals surface area contributed by atoms with Gasteiger partial charge in [-0.05, 0) is 18.2 Å². The molecule has 0 spiro atoms. The van der Waals surface area contributed by atoms with E-state index in [9.17, 15) is 0 Å². The first-order chi connectivity index (χ1) is 7.61. The van der Waals surface area contributed by atoms with Gasteiger partial charge in [0.05, 0.1) is 32.3 Å². The smallest absolute Gasteiger partial charge is 0.0847 e. The van der Waals surface area contributed by atoms with Crippen LogP contribution in [0.2, 0.25) is 15.1 Å². The van der Waals surface area contributed by atoms with Crippen molar-refractivity contribution in [3.8, 4) is 5.69 Å². The van der Waals surface area contributed by atoms with Gasteiger partial charge in [0.2, 0.25) is 0 Å². The maximum atomic E-state index is 6.05. The lowest BCUT2D eigenvalue weighted by molar-refractivity contribution is 0.859. The Bertz CT molecular complexity index is 522. The molecular weight excluding hydrogens is 290 g/mol.